The highest BCUT2D eigenvalue weighted by molar-refractivity contribution is 5.71. The van der Waals surface area contributed by atoms with Crippen molar-refractivity contribution in [3.05, 3.63) is 59.7 Å². The Kier molecular flexibility index (Phi) is 8.84. The number of ether oxygens (including phenoxy) is 4. The van der Waals surface area contributed by atoms with Crippen LogP contribution in [0.3, 0.4) is 0 Å². The van der Waals surface area contributed by atoms with Gasteiger partial charge in [-0.25, -0.2) is 9.59 Å². The van der Waals surface area contributed by atoms with Crippen LogP contribution in [0.15, 0.2) is 48.5 Å². The summed E-state index contributed by atoms with van der Waals surface area (Å²) in [6.45, 7) is 9.13. The average Bonchev–Trinajstić information content (AvgIpc) is 2.83. The van der Waals surface area contributed by atoms with Crippen molar-refractivity contribution in [3.63, 3.8) is 0 Å². The van der Waals surface area contributed by atoms with Crippen LogP contribution in [0.4, 0.5) is 9.59 Å². The summed E-state index contributed by atoms with van der Waals surface area (Å²) in [5.74, 6) is 1.44. The first-order valence-electron chi connectivity index (χ1n) is 11.9. The predicted molar refractivity (Wildman–Crippen MR) is 133 cm³/mol. The normalized spacial score (nSPS) is 16.0. The summed E-state index contributed by atoms with van der Waals surface area (Å²) in [4.78, 5) is 29.0. The van der Waals surface area contributed by atoms with Gasteiger partial charge in [0.1, 0.15) is 23.7 Å². The van der Waals surface area contributed by atoms with Crippen LogP contribution in [0.2, 0.25) is 0 Å². The lowest BCUT2D eigenvalue weighted by Gasteiger charge is -2.41. The molecule has 0 bridgehead atoms. The second-order valence-electron chi connectivity index (χ2n) is 9.58. The highest BCUT2D eigenvalue weighted by Gasteiger charge is 2.35. The molecule has 1 heterocycles. The molecule has 1 saturated heterocycles. The average molecular weight is 485 g/mol. The van der Waals surface area contributed by atoms with E-state index < -0.39 is 17.8 Å². The van der Waals surface area contributed by atoms with Gasteiger partial charge in [-0.15, -0.1) is 0 Å². The van der Waals surface area contributed by atoms with E-state index in [0.717, 1.165) is 16.9 Å². The van der Waals surface area contributed by atoms with E-state index in [4.69, 9.17) is 18.9 Å². The maximum absolute atomic E-state index is 12.9. The lowest BCUT2D eigenvalue weighted by atomic mass is 10.1. The summed E-state index contributed by atoms with van der Waals surface area (Å²) in [7, 11) is 1.61. The number of benzene rings is 2. The maximum Gasteiger partial charge on any atom is 0.410 e. The van der Waals surface area contributed by atoms with Gasteiger partial charge in [0.05, 0.1) is 19.8 Å². The molecule has 0 radical (unpaired) electrons. The number of carbonyl (C=O) groups is 2. The third-order valence-corrected chi connectivity index (χ3v) is 5.68. The van der Waals surface area contributed by atoms with Crippen LogP contribution < -0.4 is 9.47 Å². The summed E-state index contributed by atoms with van der Waals surface area (Å²) in [6.07, 6.45) is -0.261. The molecule has 2 aromatic rings. The van der Waals surface area contributed by atoms with Crippen LogP contribution in [0.25, 0.3) is 0 Å². The van der Waals surface area contributed by atoms with Crippen LogP contribution >= 0.6 is 0 Å². The number of aryl methyl sites for hydroxylation is 1. The fraction of sp³-hybridized carbons (Fsp3) is 0.481. The highest BCUT2D eigenvalue weighted by Crippen LogP contribution is 2.25. The van der Waals surface area contributed by atoms with E-state index in [-0.39, 0.29) is 12.6 Å². The Balaban J connectivity index is 1.64. The minimum Gasteiger partial charge on any atom is -0.497 e. The first-order chi connectivity index (χ1) is 16.7. The van der Waals surface area contributed by atoms with E-state index in [1.165, 1.54) is 0 Å². The first kappa shape index (κ1) is 26.2. The summed E-state index contributed by atoms with van der Waals surface area (Å²) >= 11 is 0. The Morgan fingerprint density at radius 2 is 1.77 bits per heavy atom. The molecule has 8 nitrogen and oxygen atoms in total. The van der Waals surface area contributed by atoms with E-state index in [1.54, 1.807) is 16.9 Å². The number of rotatable bonds is 7. The van der Waals surface area contributed by atoms with Gasteiger partial charge in [-0.2, -0.15) is 0 Å². The van der Waals surface area contributed by atoms with E-state index in [2.05, 4.69) is 0 Å². The molecule has 0 aromatic heterocycles. The molecule has 2 amide bonds. The van der Waals surface area contributed by atoms with Crippen LogP contribution in [0.1, 0.15) is 38.3 Å². The second kappa shape index (κ2) is 11.8. The van der Waals surface area contributed by atoms with Gasteiger partial charge in [0.25, 0.3) is 0 Å². The number of carbonyl (C=O) groups excluding carboxylic acids is 2. The van der Waals surface area contributed by atoms with Gasteiger partial charge >= 0.3 is 12.2 Å². The molecule has 1 aliphatic heterocycles. The van der Waals surface area contributed by atoms with E-state index in [1.807, 2.05) is 76.2 Å². The molecule has 0 N–H and O–H groups in total. The van der Waals surface area contributed by atoms with Crippen molar-refractivity contribution >= 4 is 12.2 Å². The molecule has 190 valence electrons. The van der Waals surface area contributed by atoms with Crippen LogP contribution in [-0.4, -0.2) is 67.0 Å². The van der Waals surface area contributed by atoms with Crippen LogP contribution in [0, 0.1) is 6.92 Å². The molecule has 1 atom stereocenters. The summed E-state index contributed by atoms with van der Waals surface area (Å²) < 4.78 is 22.4. The van der Waals surface area contributed by atoms with Gasteiger partial charge in [-0.1, -0.05) is 36.4 Å². The number of amides is 2. The molecule has 2 aromatic carbocycles. The van der Waals surface area contributed by atoms with Crippen molar-refractivity contribution in [1.82, 2.24) is 9.80 Å². The Labute approximate surface area is 207 Å². The fourth-order valence-electron chi connectivity index (χ4n) is 3.81. The van der Waals surface area contributed by atoms with Crippen molar-refractivity contribution in [2.45, 2.75) is 52.4 Å². The Bertz CT molecular complexity index is 989. The zero-order valence-corrected chi connectivity index (χ0v) is 21.3. The van der Waals surface area contributed by atoms with E-state index in [0.29, 0.717) is 38.4 Å². The number of hydrogen-bond acceptors (Lipinski definition) is 6. The van der Waals surface area contributed by atoms with Crippen molar-refractivity contribution in [2.75, 3.05) is 33.4 Å². The molecule has 0 aliphatic carbocycles. The lowest BCUT2D eigenvalue weighted by molar-refractivity contribution is -0.00615. The van der Waals surface area contributed by atoms with Gasteiger partial charge in [0.15, 0.2) is 0 Å². The third kappa shape index (κ3) is 7.80. The van der Waals surface area contributed by atoms with Gasteiger partial charge in [-0.3, -0.25) is 0 Å². The maximum atomic E-state index is 12.9. The Morgan fingerprint density at radius 3 is 2.46 bits per heavy atom. The molecule has 1 fully saturated rings. The first-order valence-corrected chi connectivity index (χ1v) is 11.9. The van der Waals surface area contributed by atoms with Gasteiger partial charge < -0.3 is 28.7 Å². The molecule has 0 saturated carbocycles. The molecule has 35 heavy (non-hydrogen) atoms. The number of piperazine rings is 1. The van der Waals surface area contributed by atoms with Crippen molar-refractivity contribution in [3.8, 4) is 11.5 Å². The largest absolute Gasteiger partial charge is 0.497 e. The Hall–Kier alpha value is -3.42. The Morgan fingerprint density at radius 1 is 1.03 bits per heavy atom. The standard InChI is InChI=1S/C27H36N2O6/c1-20-11-12-23(32-5)17-24(20)33-16-13-22-18-28(14-15-29(22)26(31)35-27(2,3)4)25(30)34-19-21-9-7-6-8-10-21/h6-12,17,22H,13-16,18-19H2,1-5H3/t22-/m1/s1. The molecular weight excluding hydrogens is 448 g/mol. The zero-order valence-electron chi connectivity index (χ0n) is 21.3. The smallest absolute Gasteiger partial charge is 0.410 e. The highest BCUT2D eigenvalue weighted by atomic mass is 16.6. The quantitative estimate of drug-likeness (QED) is 0.549. The third-order valence-electron chi connectivity index (χ3n) is 5.68. The second-order valence-corrected chi connectivity index (χ2v) is 9.58. The monoisotopic (exact) mass is 484 g/mol. The number of methoxy groups -OCH3 is 1. The molecule has 0 spiro atoms. The molecule has 3 rings (SSSR count). The van der Waals surface area contributed by atoms with E-state index >= 15 is 0 Å². The van der Waals surface area contributed by atoms with Gasteiger partial charge in [0, 0.05) is 32.1 Å². The molecule has 0 unspecified atom stereocenters. The fourth-order valence-corrected chi connectivity index (χ4v) is 3.81. The number of hydrogen-bond donors (Lipinski definition) is 0. The topological polar surface area (TPSA) is 77.5 Å². The van der Waals surface area contributed by atoms with Crippen molar-refractivity contribution < 1.29 is 28.5 Å². The van der Waals surface area contributed by atoms with Crippen LogP contribution in [-0.2, 0) is 16.1 Å². The molecule has 8 heteroatoms. The van der Waals surface area contributed by atoms with Crippen molar-refractivity contribution in [2.24, 2.45) is 0 Å². The van der Waals surface area contributed by atoms with Gasteiger partial charge in [-0.05, 0) is 44.9 Å². The predicted octanol–water partition coefficient (Wildman–Crippen LogP) is 5.03. The SMILES string of the molecule is COc1ccc(C)c(OCC[C@@H]2CN(C(=O)OCc3ccccc3)CCN2C(=O)OC(C)(C)C)c1. The number of nitrogens with zero attached hydrogens (tertiary/aromatic N) is 2. The molecule has 1 aliphatic rings. The summed E-state index contributed by atoms with van der Waals surface area (Å²) in [5, 5.41) is 0. The minimum absolute atomic E-state index is 0.203. The van der Waals surface area contributed by atoms with Crippen molar-refractivity contribution in [1.29, 1.82) is 0 Å². The zero-order chi connectivity index (χ0) is 25.4. The summed E-state index contributed by atoms with van der Waals surface area (Å²) in [5.41, 5.74) is 1.30. The van der Waals surface area contributed by atoms with Crippen LogP contribution in [0.5, 0.6) is 11.5 Å². The summed E-state index contributed by atoms with van der Waals surface area (Å²) in [6, 6.07) is 14.9. The lowest BCUT2D eigenvalue weighted by Crippen LogP contribution is -2.57. The van der Waals surface area contributed by atoms with Gasteiger partial charge in [0.2, 0.25) is 0 Å². The molecular formula is C27H36N2O6. The minimum atomic E-state index is -0.610. The van der Waals surface area contributed by atoms with E-state index in [9.17, 15) is 9.59 Å².